The third-order valence-corrected chi connectivity index (χ3v) is 3.38. The summed E-state index contributed by atoms with van der Waals surface area (Å²) in [7, 11) is -3.34. The normalized spacial score (nSPS) is 18.1. The van der Waals surface area contributed by atoms with Crippen LogP contribution in [-0.4, -0.2) is 30.4 Å². The van der Waals surface area contributed by atoms with Crippen molar-refractivity contribution in [2.45, 2.75) is 18.9 Å². The van der Waals surface area contributed by atoms with Crippen LogP contribution in [-0.2, 0) is 16.4 Å². The van der Waals surface area contributed by atoms with Crippen LogP contribution in [0, 0.1) is 0 Å². The molecule has 0 radical (unpaired) electrons. The summed E-state index contributed by atoms with van der Waals surface area (Å²) in [6, 6.07) is 0.0152. The molecule has 1 aromatic heterocycles. The Bertz CT molecular complexity index is 561. The third kappa shape index (κ3) is 2.68. The number of aromatic nitrogens is 3. The van der Waals surface area contributed by atoms with Crippen LogP contribution < -0.4 is 17.0 Å². The van der Waals surface area contributed by atoms with E-state index in [0.29, 0.717) is 18.8 Å². The van der Waals surface area contributed by atoms with Gasteiger partial charge in [-0.15, -0.1) is 0 Å². The number of hydrogen-bond acceptors (Lipinski definition) is 4. The zero-order valence-corrected chi connectivity index (χ0v) is 10.6. The molecule has 94 valence electrons. The Morgan fingerprint density at radius 2 is 2.47 bits per heavy atom. The second-order valence-corrected chi connectivity index (χ2v) is 5.52. The zero-order valence-electron chi connectivity index (χ0n) is 9.06. The lowest BCUT2D eigenvalue weighted by Crippen LogP contribution is -3.00. The van der Waals surface area contributed by atoms with Crippen LogP contribution in [0.5, 0.6) is 0 Å². The van der Waals surface area contributed by atoms with Crippen LogP contribution in [0.1, 0.15) is 18.3 Å². The van der Waals surface area contributed by atoms with E-state index in [1.54, 1.807) is 4.57 Å². The monoisotopic (exact) mass is 278 g/mol. The Morgan fingerprint density at radius 1 is 1.76 bits per heavy atom. The highest BCUT2D eigenvalue weighted by atomic mass is 35.5. The second kappa shape index (κ2) is 4.91. The van der Waals surface area contributed by atoms with Crippen molar-refractivity contribution in [3.8, 4) is 0 Å². The first-order valence-electron chi connectivity index (χ1n) is 4.73. The molecule has 0 spiro atoms. The molecule has 2 heterocycles. The van der Waals surface area contributed by atoms with Crippen molar-refractivity contribution in [3.05, 3.63) is 22.6 Å². The molecule has 17 heavy (non-hydrogen) atoms. The van der Waals surface area contributed by atoms with Gasteiger partial charge in [0, 0.05) is 11.3 Å². The molecule has 8 nitrogen and oxygen atoms in total. The summed E-state index contributed by atoms with van der Waals surface area (Å²) in [6.45, 7) is 0.323. The summed E-state index contributed by atoms with van der Waals surface area (Å²) >= 11 is 0. The van der Waals surface area contributed by atoms with Crippen LogP contribution in [0.15, 0.2) is 11.4 Å². The van der Waals surface area contributed by atoms with E-state index in [0.717, 1.165) is 16.8 Å². The van der Waals surface area contributed by atoms with Gasteiger partial charge in [0.25, 0.3) is 5.82 Å². The highest BCUT2D eigenvalue weighted by Gasteiger charge is 2.32. The summed E-state index contributed by atoms with van der Waals surface area (Å²) in [6.07, 6.45) is 4.06. The molecule has 0 fully saturated rings. The lowest BCUT2D eigenvalue weighted by atomic mass is 10.2. The fraction of sp³-hybridized carbons (Fsp3) is 0.714. The van der Waals surface area contributed by atoms with E-state index in [1.165, 1.54) is 6.33 Å². The predicted molar refractivity (Wildman–Crippen MR) is 54.0 cm³/mol. The quantitative estimate of drug-likeness (QED) is 0.251. The van der Waals surface area contributed by atoms with Gasteiger partial charge in [-0.25, -0.2) is 4.57 Å². The van der Waals surface area contributed by atoms with E-state index in [2.05, 4.69) is 15.1 Å². The molecule has 0 bridgehead atoms. The minimum Gasteiger partial charge on any atom is -1.00 e. The maximum atomic E-state index is 11.3. The van der Waals surface area contributed by atoms with E-state index in [-0.39, 0.29) is 18.4 Å². The van der Waals surface area contributed by atoms with Gasteiger partial charge in [-0.05, 0) is 16.0 Å². The van der Waals surface area contributed by atoms with E-state index in [9.17, 15) is 8.42 Å². The number of halogens is 1. The van der Waals surface area contributed by atoms with Crippen molar-refractivity contribution in [3.63, 3.8) is 0 Å². The topological polar surface area (TPSA) is 105 Å². The summed E-state index contributed by atoms with van der Waals surface area (Å²) < 4.78 is 25.2. The van der Waals surface area contributed by atoms with Crippen molar-refractivity contribution < 1.29 is 25.4 Å². The van der Waals surface area contributed by atoms with Gasteiger partial charge in [-0.3, -0.25) is 0 Å². The average Bonchev–Trinajstić information content (AvgIpc) is 2.73. The molecule has 10 heteroatoms. The van der Waals surface area contributed by atoms with E-state index in [4.69, 9.17) is 5.53 Å². The lowest BCUT2D eigenvalue weighted by Gasteiger charge is -2.02. The molecule has 0 unspecified atom stereocenters. The van der Waals surface area contributed by atoms with Crippen molar-refractivity contribution in [2.24, 2.45) is 5.11 Å². The standard InChI is InChI=1S/C7H11N6O2S.ClH/c1-16(14,15)13-5-12-6(4-9-11-8)2-3-7(12)10-13;/h5-6H,2-4H2,1H3;1H/q+1;/p-1/t6-;/m0./s1. The molecule has 1 aliphatic rings. The van der Waals surface area contributed by atoms with Gasteiger partial charge in [0.2, 0.25) is 6.33 Å². The smallest absolute Gasteiger partial charge is 0.309 e. The molecule has 0 saturated carbocycles. The van der Waals surface area contributed by atoms with Gasteiger partial charge in [-0.2, -0.15) is 8.42 Å². The molecule has 0 saturated heterocycles. The van der Waals surface area contributed by atoms with Gasteiger partial charge >= 0.3 is 10.0 Å². The number of azide groups is 1. The summed E-state index contributed by atoms with van der Waals surface area (Å²) in [4.78, 5) is 2.69. The Hall–Kier alpha value is -1.31. The minimum atomic E-state index is -3.34. The maximum absolute atomic E-state index is 11.3. The fourth-order valence-corrected chi connectivity index (χ4v) is 2.27. The first-order valence-corrected chi connectivity index (χ1v) is 6.58. The Morgan fingerprint density at radius 3 is 3.06 bits per heavy atom. The first-order chi connectivity index (χ1) is 7.52. The van der Waals surface area contributed by atoms with Gasteiger partial charge in [-0.1, -0.05) is 5.11 Å². The van der Waals surface area contributed by atoms with Crippen molar-refractivity contribution >= 4 is 10.0 Å². The van der Waals surface area contributed by atoms with Crippen molar-refractivity contribution in [1.29, 1.82) is 0 Å². The maximum Gasteiger partial charge on any atom is 0.309 e. The van der Waals surface area contributed by atoms with Crippen molar-refractivity contribution in [1.82, 2.24) is 9.19 Å². The number of hydrogen-bond donors (Lipinski definition) is 0. The molecule has 0 aliphatic carbocycles. The van der Waals surface area contributed by atoms with Gasteiger partial charge < -0.3 is 12.4 Å². The van der Waals surface area contributed by atoms with Gasteiger partial charge in [0.15, 0.2) is 0 Å². The molecule has 0 amide bonds. The Labute approximate surface area is 104 Å². The molecule has 1 aromatic rings. The fourth-order valence-electron chi connectivity index (χ4n) is 1.75. The van der Waals surface area contributed by atoms with Gasteiger partial charge in [0.1, 0.15) is 0 Å². The van der Waals surface area contributed by atoms with E-state index < -0.39 is 10.0 Å². The largest absolute Gasteiger partial charge is 1.00 e. The minimum absolute atomic E-state index is 0. The van der Waals surface area contributed by atoms with E-state index in [1.807, 2.05) is 0 Å². The molecule has 1 aliphatic heterocycles. The zero-order chi connectivity index (χ0) is 11.8. The number of nitrogens with zero attached hydrogens (tertiary/aromatic N) is 6. The lowest BCUT2D eigenvalue weighted by molar-refractivity contribution is -0.714. The summed E-state index contributed by atoms with van der Waals surface area (Å²) in [5.74, 6) is 0.712. The second-order valence-electron chi connectivity index (χ2n) is 3.68. The summed E-state index contributed by atoms with van der Waals surface area (Å²) in [5, 5.41) is 7.47. The SMILES string of the molecule is CS(=O)(=O)n1c[n+]2c(n1)CC[C@H]2CN=[N+]=[N-].[Cl-]. The highest BCUT2D eigenvalue weighted by Crippen LogP contribution is 2.16. The molecule has 1 atom stereocenters. The molecular weight excluding hydrogens is 268 g/mol. The molecule has 2 rings (SSSR count). The Kier molecular flexibility index (Phi) is 3.97. The van der Waals surface area contributed by atoms with Crippen LogP contribution in [0.2, 0.25) is 0 Å². The van der Waals surface area contributed by atoms with Gasteiger partial charge in [0.05, 0.1) is 23.9 Å². The van der Waals surface area contributed by atoms with Crippen LogP contribution >= 0.6 is 0 Å². The number of fused-ring (bicyclic) bond motifs is 1. The van der Waals surface area contributed by atoms with E-state index >= 15 is 0 Å². The number of rotatable bonds is 3. The third-order valence-electron chi connectivity index (χ3n) is 2.53. The highest BCUT2D eigenvalue weighted by molar-refractivity contribution is 7.89. The first kappa shape index (κ1) is 13.8. The predicted octanol–water partition coefficient (Wildman–Crippen LogP) is -3.22. The van der Waals surface area contributed by atoms with Crippen LogP contribution in [0.3, 0.4) is 0 Å². The van der Waals surface area contributed by atoms with Crippen molar-refractivity contribution in [2.75, 3.05) is 12.8 Å². The molecular formula is C7H11ClN6O2S. The van der Waals surface area contributed by atoms with Crippen LogP contribution in [0.4, 0.5) is 0 Å². The molecule has 0 N–H and O–H groups in total. The average molecular weight is 279 g/mol. The van der Waals surface area contributed by atoms with Crippen LogP contribution in [0.25, 0.3) is 10.4 Å². The number of aryl methyl sites for hydroxylation is 1. The molecule has 0 aromatic carbocycles. The Balaban J connectivity index is 0.00000144. The summed E-state index contributed by atoms with van der Waals surface area (Å²) in [5.41, 5.74) is 8.24.